The van der Waals surface area contributed by atoms with E-state index in [1.165, 1.54) is 5.56 Å². The van der Waals surface area contributed by atoms with Gasteiger partial charge in [-0.25, -0.2) is 9.98 Å². The number of fused-ring (bicyclic) bond motifs is 1. The molecule has 30 heavy (non-hydrogen) atoms. The number of aryl methyl sites for hydroxylation is 1. The topological polar surface area (TPSA) is 58.9 Å². The zero-order valence-corrected chi connectivity index (χ0v) is 16.9. The lowest BCUT2D eigenvalue weighted by Gasteiger charge is -2.07. The average molecular weight is 394 g/mol. The monoisotopic (exact) mass is 394 g/mol. The average Bonchev–Trinajstić information content (AvgIpc) is 2.80. The first-order valence-electron chi connectivity index (χ1n) is 9.66. The Balaban J connectivity index is 1.65. The summed E-state index contributed by atoms with van der Waals surface area (Å²) in [5, 5.41) is 5.46. The van der Waals surface area contributed by atoms with E-state index in [9.17, 15) is 0 Å². The summed E-state index contributed by atoms with van der Waals surface area (Å²) < 4.78 is 5.19. The van der Waals surface area contributed by atoms with Crippen LogP contribution in [0.1, 0.15) is 16.8 Å². The predicted octanol–water partition coefficient (Wildman–Crippen LogP) is 5.25. The van der Waals surface area contributed by atoms with Crippen LogP contribution in [0.5, 0.6) is 5.75 Å². The van der Waals surface area contributed by atoms with E-state index in [0.717, 1.165) is 33.6 Å². The molecule has 1 aromatic heterocycles. The molecule has 3 aromatic carbocycles. The van der Waals surface area contributed by atoms with Gasteiger partial charge in [-0.2, -0.15) is 5.10 Å². The van der Waals surface area contributed by atoms with Crippen molar-refractivity contribution in [3.8, 4) is 5.75 Å². The number of hydrogen-bond acceptors (Lipinski definition) is 4. The van der Waals surface area contributed by atoms with Crippen molar-refractivity contribution in [3.05, 3.63) is 102 Å². The van der Waals surface area contributed by atoms with Crippen LogP contribution >= 0.6 is 0 Å². The smallest absolute Gasteiger partial charge is 0.173 e. The van der Waals surface area contributed by atoms with Gasteiger partial charge in [0.25, 0.3) is 0 Å². The first-order valence-corrected chi connectivity index (χ1v) is 9.66. The lowest BCUT2D eigenvalue weighted by molar-refractivity contribution is 0.415. The predicted molar refractivity (Wildman–Crippen MR) is 123 cm³/mol. The Morgan fingerprint density at radius 1 is 0.900 bits per heavy atom. The molecule has 0 saturated carbocycles. The van der Waals surface area contributed by atoms with Crippen LogP contribution in [-0.2, 0) is 0 Å². The number of pyridine rings is 1. The van der Waals surface area contributed by atoms with Crippen molar-refractivity contribution in [2.45, 2.75) is 6.92 Å². The normalized spacial score (nSPS) is 11.7. The highest BCUT2D eigenvalue weighted by Gasteiger charge is 2.07. The first kappa shape index (κ1) is 19.3. The molecule has 4 aromatic rings. The van der Waals surface area contributed by atoms with Gasteiger partial charge in [-0.15, -0.1) is 0 Å². The summed E-state index contributed by atoms with van der Waals surface area (Å²) in [6.07, 6.45) is 1.74. The molecule has 4 rings (SSSR count). The number of aliphatic imine (C=N–C) groups is 1. The van der Waals surface area contributed by atoms with Crippen LogP contribution in [0.25, 0.3) is 10.9 Å². The molecule has 5 heteroatoms. The van der Waals surface area contributed by atoms with Crippen molar-refractivity contribution in [3.63, 3.8) is 0 Å². The van der Waals surface area contributed by atoms with Crippen LogP contribution in [0, 0.1) is 6.92 Å². The third kappa shape index (κ3) is 4.70. The standard InChI is InChI=1S/C25H22N4O/c1-18-7-12-21(13-8-18)27-25(24-16-11-20-5-3-4-6-23(20)28-24)29-26-17-19-9-14-22(30-2)15-10-19/h3-17H,1-2H3,(H,27,29)/b26-17-. The summed E-state index contributed by atoms with van der Waals surface area (Å²) in [5.74, 6) is 1.39. The number of hydrazone groups is 1. The number of benzene rings is 3. The Bertz CT molecular complexity index is 1200. The summed E-state index contributed by atoms with van der Waals surface area (Å²) in [5.41, 5.74) is 7.66. The van der Waals surface area contributed by atoms with Crippen LogP contribution in [0.15, 0.2) is 95.0 Å². The second kappa shape index (κ2) is 9.01. The van der Waals surface area contributed by atoms with E-state index in [2.05, 4.69) is 17.5 Å². The molecular formula is C25H22N4O. The van der Waals surface area contributed by atoms with Gasteiger partial charge in [-0.3, -0.25) is 5.43 Å². The minimum Gasteiger partial charge on any atom is -0.497 e. The van der Waals surface area contributed by atoms with Gasteiger partial charge in [-0.1, -0.05) is 42.0 Å². The highest BCUT2D eigenvalue weighted by atomic mass is 16.5. The Morgan fingerprint density at radius 3 is 2.43 bits per heavy atom. The lowest BCUT2D eigenvalue weighted by atomic mass is 10.2. The molecule has 1 N–H and O–H groups in total. The fourth-order valence-corrected chi connectivity index (χ4v) is 2.94. The summed E-state index contributed by atoms with van der Waals surface area (Å²) >= 11 is 0. The van der Waals surface area contributed by atoms with E-state index in [-0.39, 0.29) is 0 Å². The van der Waals surface area contributed by atoms with Gasteiger partial charge in [0.1, 0.15) is 11.4 Å². The van der Waals surface area contributed by atoms with Crippen LogP contribution < -0.4 is 10.2 Å². The number of nitrogens with zero attached hydrogens (tertiary/aromatic N) is 3. The van der Waals surface area contributed by atoms with Crippen molar-refractivity contribution in [1.82, 2.24) is 10.4 Å². The van der Waals surface area contributed by atoms with E-state index < -0.39 is 0 Å². The van der Waals surface area contributed by atoms with Crippen molar-refractivity contribution in [1.29, 1.82) is 0 Å². The third-order valence-corrected chi connectivity index (χ3v) is 4.62. The number of ether oxygens (including phenoxy) is 1. The van der Waals surface area contributed by atoms with Crippen molar-refractivity contribution in [2.24, 2.45) is 10.1 Å². The molecule has 0 spiro atoms. The van der Waals surface area contributed by atoms with Gasteiger partial charge in [0.2, 0.25) is 0 Å². The van der Waals surface area contributed by atoms with Crippen LogP contribution in [-0.4, -0.2) is 24.1 Å². The SMILES string of the molecule is COc1ccc(/C=N\NC(=Nc2ccc(C)cc2)c2ccc3ccccc3n2)cc1. The highest BCUT2D eigenvalue weighted by Crippen LogP contribution is 2.16. The van der Waals surface area contributed by atoms with Gasteiger partial charge >= 0.3 is 0 Å². The molecule has 148 valence electrons. The quantitative estimate of drug-likeness (QED) is 0.286. The van der Waals surface area contributed by atoms with Gasteiger partial charge in [-0.05, 0) is 61.0 Å². The van der Waals surface area contributed by atoms with Gasteiger partial charge in [0, 0.05) is 5.39 Å². The lowest BCUT2D eigenvalue weighted by Crippen LogP contribution is -2.20. The fraction of sp³-hybridized carbons (Fsp3) is 0.0800. The molecule has 0 fully saturated rings. The second-order valence-corrected chi connectivity index (χ2v) is 6.83. The molecule has 0 bridgehead atoms. The molecular weight excluding hydrogens is 372 g/mol. The van der Waals surface area contributed by atoms with Gasteiger partial charge in [0.15, 0.2) is 5.84 Å². The second-order valence-electron chi connectivity index (χ2n) is 6.83. The molecule has 0 amide bonds. The fourth-order valence-electron chi connectivity index (χ4n) is 2.94. The minimum absolute atomic E-state index is 0.578. The Kier molecular flexibility index (Phi) is 5.80. The highest BCUT2D eigenvalue weighted by molar-refractivity contribution is 6.00. The van der Waals surface area contributed by atoms with Crippen LogP contribution in [0.2, 0.25) is 0 Å². The van der Waals surface area contributed by atoms with Crippen LogP contribution in [0.4, 0.5) is 5.69 Å². The first-order chi connectivity index (χ1) is 14.7. The maximum atomic E-state index is 5.19. The van der Waals surface area contributed by atoms with Crippen LogP contribution in [0.3, 0.4) is 0 Å². The summed E-state index contributed by atoms with van der Waals surface area (Å²) in [4.78, 5) is 9.50. The molecule has 5 nitrogen and oxygen atoms in total. The zero-order valence-electron chi connectivity index (χ0n) is 16.9. The van der Waals surface area contributed by atoms with Crippen molar-refractivity contribution in [2.75, 3.05) is 7.11 Å². The maximum absolute atomic E-state index is 5.19. The van der Waals surface area contributed by atoms with Gasteiger partial charge < -0.3 is 4.74 Å². The molecule has 0 aliphatic heterocycles. The number of amidine groups is 1. The van der Waals surface area contributed by atoms with Gasteiger partial charge in [0.05, 0.1) is 24.5 Å². The number of nitrogens with one attached hydrogen (secondary N) is 1. The third-order valence-electron chi connectivity index (χ3n) is 4.62. The largest absolute Gasteiger partial charge is 0.497 e. The molecule has 0 atom stereocenters. The molecule has 0 aliphatic carbocycles. The number of para-hydroxylation sites is 1. The number of methoxy groups -OCH3 is 1. The van der Waals surface area contributed by atoms with E-state index in [0.29, 0.717) is 5.84 Å². The summed E-state index contributed by atoms with van der Waals surface area (Å²) in [7, 11) is 1.65. The Hall–Kier alpha value is -3.99. The Morgan fingerprint density at radius 2 is 1.67 bits per heavy atom. The molecule has 0 unspecified atom stereocenters. The summed E-state index contributed by atoms with van der Waals surface area (Å²) in [6.45, 7) is 2.05. The zero-order chi connectivity index (χ0) is 20.8. The maximum Gasteiger partial charge on any atom is 0.173 e. The van der Waals surface area contributed by atoms with E-state index in [1.807, 2.05) is 84.9 Å². The summed E-state index contributed by atoms with van der Waals surface area (Å²) in [6, 6.07) is 27.7. The number of rotatable bonds is 5. The number of hydrogen-bond donors (Lipinski definition) is 1. The minimum atomic E-state index is 0.578. The van der Waals surface area contributed by atoms with Crippen molar-refractivity contribution >= 4 is 28.6 Å². The van der Waals surface area contributed by atoms with Crippen molar-refractivity contribution < 1.29 is 4.74 Å². The molecule has 0 saturated heterocycles. The molecule has 1 heterocycles. The van der Waals surface area contributed by atoms with E-state index in [1.54, 1.807) is 13.3 Å². The van der Waals surface area contributed by atoms with E-state index >= 15 is 0 Å². The Labute approximate surface area is 175 Å². The number of aromatic nitrogens is 1. The molecule has 0 aliphatic rings. The molecule has 0 radical (unpaired) electrons. The van der Waals surface area contributed by atoms with E-state index in [4.69, 9.17) is 14.7 Å².